The maximum Gasteiger partial charge on any atom is 0.234 e. The van der Waals surface area contributed by atoms with Gasteiger partial charge in [0, 0.05) is 16.5 Å². The Morgan fingerprint density at radius 1 is 1.35 bits per heavy atom. The number of nitrogens with one attached hydrogen (secondary N) is 1. The summed E-state index contributed by atoms with van der Waals surface area (Å²) in [6.45, 7) is 1.89. The third kappa shape index (κ3) is 5.16. The SMILES string of the molecule is COc1ccc(CSCC(=O)Nc2cccc(Cl)c2C)cc1Br. The van der Waals surface area contributed by atoms with Crippen LogP contribution >= 0.6 is 39.3 Å². The fourth-order valence-electron chi connectivity index (χ4n) is 1.99. The molecule has 0 aliphatic rings. The first-order valence-corrected chi connectivity index (χ1v) is 9.29. The number of ether oxygens (including phenoxy) is 1. The maximum absolute atomic E-state index is 12.0. The highest BCUT2D eigenvalue weighted by Crippen LogP contribution is 2.27. The normalized spacial score (nSPS) is 10.4. The van der Waals surface area contributed by atoms with Crippen molar-refractivity contribution in [2.75, 3.05) is 18.2 Å². The van der Waals surface area contributed by atoms with Gasteiger partial charge in [0.15, 0.2) is 0 Å². The number of amides is 1. The lowest BCUT2D eigenvalue weighted by molar-refractivity contribution is -0.113. The second-order valence-electron chi connectivity index (χ2n) is 4.92. The van der Waals surface area contributed by atoms with Crippen LogP contribution in [0.5, 0.6) is 5.75 Å². The Morgan fingerprint density at radius 2 is 2.13 bits per heavy atom. The lowest BCUT2D eigenvalue weighted by Crippen LogP contribution is -2.15. The van der Waals surface area contributed by atoms with E-state index in [0.717, 1.165) is 32.8 Å². The molecule has 0 fully saturated rings. The van der Waals surface area contributed by atoms with Crippen LogP contribution in [0, 0.1) is 6.92 Å². The summed E-state index contributed by atoms with van der Waals surface area (Å²) in [5.41, 5.74) is 2.77. The van der Waals surface area contributed by atoms with Crippen molar-refractivity contribution >= 4 is 50.9 Å². The molecule has 2 aromatic carbocycles. The first-order chi connectivity index (χ1) is 11.0. The Kier molecular flexibility index (Phi) is 6.81. The summed E-state index contributed by atoms with van der Waals surface area (Å²) < 4.78 is 6.12. The van der Waals surface area contributed by atoms with E-state index >= 15 is 0 Å². The molecule has 0 saturated heterocycles. The minimum Gasteiger partial charge on any atom is -0.496 e. The van der Waals surface area contributed by atoms with Crippen LogP contribution in [0.2, 0.25) is 5.02 Å². The molecular formula is C17H17BrClNO2S. The van der Waals surface area contributed by atoms with E-state index in [1.807, 2.05) is 43.3 Å². The van der Waals surface area contributed by atoms with Crippen LogP contribution in [-0.2, 0) is 10.5 Å². The topological polar surface area (TPSA) is 38.3 Å². The van der Waals surface area contributed by atoms with Gasteiger partial charge in [-0.15, -0.1) is 11.8 Å². The Labute approximate surface area is 153 Å². The highest BCUT2D eigenvalue weighted by Gasteiger charge is 2.08. The van der Waals surface area contributed by atoms with Crippen molar-refractivity contribution in [2.24, 2.45) is 0 Å². The van der Waals surface area contributed by atoms with Crippen LogP contribution in [0.15, 0.2) is 40.9 Å². The minimum atomic E-state index is -0.0343. The van der Waals surface area contributed by atoms with Crippen molar-refractivity contribution < 1.29 is 9.53 Å². The summed E-state index contributed by atoms with van der Waals surface area (Å²) in [5.74, 6) is 1.90. The average Bonchev–Trinajstić information content (AvgIpc) is 2.52. The van der Waals surface area contributed by atoms with Crippen LogP contribution in [0.25, 0.3) is 0 Å². The van der Waals surface area contributed by atoms with Gasteiger partial charge in [-0.05, 0) is 58.2 Å². The van der Waals surface area contributed by atoms with E-state index < -0.39 is 0 Å². The summed E-state index contributed by atoms with van der Waals surface area (Å²) in [6, 6.07) is 11.4. The molecule has 122 valence electrons. The summed E-state index contributed by atoms with van der Waals surface area (Å²) in [5, 5.41) is 3.54. The second kappa shape index (κ2) is 8.62. The van der Waals surface area contributed by atoms with Gasteiger partial charge >= 0.3 is 0 Å². The zero-order valence-corrected chi connectivity index (χ0v) is 16.0. The van der Waals surface area contributed by atoms with Gasteiger partial charge in [0.25, 0.3) is 0 Å². The quantitative estimate of drug-likeness (QED) is 0.698. The molecule has 0 saturated carbocycles. The lowest BCUT2D eigenvalue weighted by Gasteiger charge is -2.10. The van der Waals surface area contributed by atoms with Crippen LogP contribution < -0.4 is 10.1 Å². The monoisotopic (exact) mass is 413 g/mol. The minimum absolute atomic E-state index is 0.0343. The van der Waals surface area contributed by atoms with E-state index in [1.165, 1.54) is 0 Å². The molecule has 2 rings (SSSR count). The first kappa shape index (κ1) is 18.2. The predicted octanol–water partition coefficient (Wildman–Crippen LogP) is 5.29. The van der Waals surface area contributed by atoms with Crippen LogP contribution in [0.4, 0.5) is 5.69 Å². The molecule has 6 heteroatoms. The number of hydrogen-bond donors (Lipinski definition) is 1. The smallest absolute Gasteiger partial charge is 0.234 e. The van der Waals surface area contributed by atoms with E-state index in [9.17, 15) is 4.79 Å². The number of carbonyl (C=O) groups excluding carboxylic acids is 1. The summed E-state index contributed by atoms with van der Waals surface area (Å²) in [6.07, 6.45) is 0. The van der Waals surface area contributed by atoms with Crippen LogP contribution in [0.3, 0.4) is 0 Å². The van der Waals surface area contributed by atoms with Gasteiger partial charge in [0.1, 0.15) is 5.75 Å². The Morgan fingerprint density at radius 3 is 2.83 bits per heavy atom. The van der Waals surface area contributed by atoms with Gasteiger partial charge in [0.2, 0.25) is 5.91 Å². The van der Waals surface area contributed by atoms with E-state index in [1.54, 1.807) is 18.9 Å². The highest BCUT2D eigenvalue weighted by molar-refractivity contribution is 9.10. The Bertz CT molecular complexity index is 709. The first-order valence-electron chi connectivity index (χ1n) is 6.96. The van der Waals surface area contributed by atoms with E-state index in [-0.39, 0.29) is 5.91 Å². The van der Waals surface area contributed by atoms with E-state index in [0.29, 0.717) is 10.8 Å². The summed E-state index contributed by atoms with van der Waals surface area (Å²) >= 11 is 11.1. The zero-order chi connectivity index (χ0) is 16.8. The molecule has 2 aromatic rings. The molecule has 1 amide bonds. The molecular weight excluding hydrogens is 398 g/mol. The van der Waals surface area contributed by atoms with Gasteiger partial charge < -0.3 is 10.1 Å². The molecule has 0 heterocycles. The van der Waals surface area contributed by atoms with Gasteiger partial charge in [0.05, 0.1) is 17.3 Å². The molecule has 0 aliphatic carbocycles. The van der Waals surface area contributed by atoms with Gasteiger partial charge in [-0.2, -0.15) is 0 Å². The number of halogens is 2. The number of rotatable bonds is 6. The largest absolute Gasteiger partial charge is 0.496 e. The summed E-state index contributed by atoms with van der Waals surface area (Å²) in [7, 11) is 1.64. The molecule has 0 unspecified atom stereocenters. The van der Waals surface area contributed by atoms with Gasteiger partial charge in [-0.3, -0.25) is 4.79 Å². The number of thioether (sulfide) groups is 1. The molecule has 23 heavy (non-hydrogen) atoms. The Balaban J connectivity index is 1.85. The molecule has 0 atom stereocenters. The highest BCUT2D eigenvalue weighted by atomic mass is 79.9. The molecule has 1 N–H and O–H groups in total. The van der Waals surface area contributed by atoms with Crippen molar-refractivity contribution in [1.82, 2.24) is 0 Å². The van der Waals surface area contributed by atoms with Gasteiger partial charge in [-0.25, -0.2) is 0 Å². The number of benzene rings is 2. The fraction of sp³-hybridized carbons (Fsp3) is 0.235. The Hall–Kier alpha value is -1.17. The fourth-order valence-corrected chi connectivity index (χ4v) is 3.53. The molecule has 3 nitrogen and oxygen atoms in total. The second-order valence-corrected chi connectivity index (χ2v) is 7.17. The maximum atomic E-state index is 12.0. The summed E-state index contributed by atoms with van der Waals surface area (Å²) in [4.78, 5) is 12.0. The predicted molar refractivity (Wildman–Crippen MR) is 102 cm³/mol. The number of methoxy groups -OCH3 is 1. The third-order valence-corrected chi connectivity index (χ3v) is 5.29. The van der Waals surface area contributed by atoms with Crippen molar-refractivity contribution in [3.63, 3.8) is 0 Å². The van der Waals surface area contributed by atoms with Crippen LogP contribution in [-0.4, -0.2) is 18.8 Å². The van der Waals surface area contributed by atoms with Crippen molar-refractivity contribution in [3.8, 4) is 5.75 Å². The number of hydrogen-bond acceptors (Lipinski definition) is 3. The third-order valence-electron chi connectivity index (χ3n) is 3.26. The van der Waals surface area contributed by atoms with Crippen LogP contribution in [0.1, 0.15) is 11.1 Å². The number of carbonyl (C=O) groups is 1. The molecule has 0 bridgehead atoms. The van der Waals surface area contributed by atoms with E-state index in [2.05, 4.69) is 21.2 Å². The van der Waals surface area contributed by atoms with Crippen molar-refractivity contribution in [1.29, 1.82) is 0 Å². The average molecular weight is 415 g/mol. The molecule has 0 spiro atoms. The molecule has 0 aromatic heterocycles. The lowest BCUT2D eigenvalue weighted by atomic mass is 10.2. The van der Waals surface area contributed by atoms with Gasteiger partial charge in [-0.1, -0.05) is 23.7 Å². The molecule has 0 radical (unpaired) electrons. The molecule has 0 aliphatic heterocycles. The van der Waals surface area contributed by atoms with E-state index in [4.69, 9.17) is 16.3 Å². The van der Waals surface area contributed by atoms with Crippen molar-refractivity contribution in [2.45, 2.75) is 12.7 Å². The number of anilines is 1. The standard InChI is InChI=1S/C17H17BrClNO2S/c1-11-14(19)4-3-5-15(11)20-17(21)10-23-9-12-6-7-16(22-2)13(18)8-12/h3-8H,9-10H2,1-2H3,(H,20,21). The van der Waals surface area contributed by atoms with Crippen molar-refractivity contribution in [3.05, 3.63) is 57.0 Å². The zero-order valence-electron chi connectivity index (χ0n) is 12.9.